The Bertz CT molecular complexity index is 1520. The van der Waals surface area contributed by atoms with E-state index in [4.69, 9.17) is 16.3 Å². The number of rotatable bonds is 7. The molecule has 9 heteroatoms. The van der Waals surface area contributed by atoms with Gasteiger partial charge in [-0.05, 0) is 60.4 Å². The van der Waals surface area contributed by atoms with Gasteiger partial charge in [0.25, 0.3) is 5.78 Å². The summed E-state index contributed by atoms with van der Waals surface area (Å²) in [6.07, 6.45) is 3.92. The minimum absolute atomic E-state index is 0.0205. The molecule has 2 aromatic carbocycles. The smallest absolute Gasteiger partial charge is 0.301 e. The molecule has 7 nitrogen and oxygen atoms in total. The average molecular weight is 534 g/mol. The van der Waals surface area contributed by atoms with Gasteiger partial charge in [0.1, 0.15) is 11.5 Å². The van der Waals surface area contributed by atoms with Crippen LogP contribution in [-0.2, 0) is 9.59 Å². The molecule has 0 radical (unpaired) electrons. The van der Waals surface area contributed by atoms with Crippen LogP contribution >= 0.6 is 22.9 Å². The van der Waals surface area contributed by atoms with E-state index in [0.717, 1.165) is 11.1 Å². The first-order chi connectivity index (χ1) is 17.8. The fraction of sp³-hybridized carbons (Fsp3) is 0.214. The molecule has 5 rings (SSSR count). The number of carbonyl (C=O) groups is 2. The number of nitrogens with zero attached hydrogens (tertiary/aromatic N) is 3. The summed E-state index contributed by atoms with van der Waals surface area (Å²) < 4.78 is 6.73. The number of hydrogen-bond donors (Lipinski definition) is 1. The Balaban J connectivity index is 1.65. The number of hydrogen-bond acceptors (Lipinski definition) is 7. The number of fused-ring (bicyclic) bond motifs is 1. The number of thiazole rings is 1. The Morgan fingerprint density at radius 2 is 1.92 bits per heavy atom. The van der Waals surface area contributed by atoms with Crippen LogP contribution in [0.4, 0.5) is 5.13 Å². The fourth-order valence-electron chi connectivity index (χ4n) is 4.19. The number of aliphatic hydroxyl groups is 1. The largest absolute Gasteiger partial charge is 0.507 e. The number of halogens is 1. The van der Waals surface area contributed by atoms with Crippen LogP contribution in [0.15, 0.2) is 72.6 Å². The topological polar surface area (TPSA) is 92.6 Å². The average Bonchev–Trinajstić information content (AvgIpc) is 3.41. The van der Waals surface area contributed by atoms with E-state index in [1.807, 2.05) is 18.2 Å². The fourth-order valence-corrected chi connectivity index (χ4v) is 5.46. The summed E-state index contributed by atoms with van der Waals surface area (Å²) in [6.45, 7) is 4.78. The summed E-state index contributed by atoms with van der Waals surface area (Å²) in [7, 11) is 0. The number of benzene rings is 2. The van der Waals surface area contributed by atoms with Crippen molar-refractivity contribution in [2.24, 2.45) is 5.92 Å². The molecule has 37 heavy (non-hydrogen) atoms. The molecule has 1 saturated heterocycles. The van der Waals surface area contributed by atoms with Gasteiger partial charge in [0.15, 0.2) is 5.13 Å². The zero-order valence-corrected chi connectivity index (χ0v) is 21.8. The third-order valence-electron chi connectivity index (χ3n) is 6.08. The maximum atomic E-state index is 13.4. The van der Waals surface area contributed by atoms with Gasteiger partial charge in [-0.3, -0.25) is 19.5 Å². The number of pyridine rings is 1. The normalized spacial score (nSPS) is 17.2. The quantitative estimate of drug-likeness (QED) is 0.168. The van der Waals surface area contributed by atoms with Gasteiger partial charge in [-0.25, -0.2) is 4.98 Å². The van der Waals surface area contributed by atoms with Crippen molar-refractivity contribution in [3.8, 4) is 5.75 Å². The van der Waals surface area contributed by atoms with Gasteiger partial charge >= 0.3 is 5.91 Å². The molecule has 0 spiro atoms. The lowest BCUT2D eigenvalue weighted by Gasteiger charge is -2.23. The monoisotopic (exact) mass is 533 g/mol. The molecule has 188 valence electrons. The van der Waals surface area contributed by atoms with Crippen molar-refractivity contribution in [3.63, 3.8) is 0 Å². The van der Waals surface area contributed by atoms with Crippen molar-refractivity contribution < 1.29 is 19.4 Å². The van der Waals surface area contributed by atoms with Crippen LogP contribution in [0.2, 0.25) is 5.02 Å². The molecular formula is C28H24ClN3O4S. The molecule has 1 aliphatic heterocycles. The Morgan fingerprint density at radius 3 is 2.68 bits per heavy atom. The molecule has 0 saturated carbocycles. The van der Waals surface area contributed by atoms with Gasteiger partial charge in [-0.15, -0.1) is 0 Å². The molecule has 1 aliphatic rings. The van der Waals surface area contributed by atoms with E-state index >= 15 is 0 Å². The zero-order chi connectivity index (χ0) is 26.1. The van der Waals surface area contributed by atoms with Crippen molar-refractivity contribution in [3.05, 3.63) is 88.7 Å². The van der Waals surface area contributed by atoms with Crippen molar-refractivity contribution in [1.82, 2.24) is 9.97 Å². The Labute approximate surface area is 223 Å². The van der Waals surface area contributed by atoms with Gasteiger partial charge in [-0.2, -0.15) is 0 Å². The number of aliphatic hydroxyl groups excluding tert-OH is 1. The second-order valence-corrected chi connectivity index (χ2v) is 10.6. The highest BCUT2D eigenvalue weighted by Gasteiger charge is 2.48. The van der Waals surface area contributed by atoms with E-state index in [1.54, 1.807) is 36.4 Å². The summed E-state index contributed by atoms with van der Waals surface area (Å²) >= 11 is 7.42. The number of anilines is 1. The minimum atomic E-state index is -0.905. The summed E-state index contributed by atoms with van der Waals surface area (Å²) in [5, 5.41) is 12.1. The molecule has 0 aliphatic carbocycles. The Kier molecular flexibility index (Phi) is 6.95. The van der Waals surface area contributed by atoms with Crippen LogP contribution in [-0.4, -0.2) is 33.4 Å². The highest BCUT2D eigenvalue weighted by atomic mass is 35.5. The first kappa shape index (κ1) is 24.9. The molecule has 1 N–H and O–H groups in total. The number of aromatic nitrogens is 2. The predicted molar refractivity (Wildman–Crippen MR) is 145 cm³/mol. The van der Waals surface area contributed by atoms with Crippen molar-refractivity contribution >= 4 is 55.7 Å². The number of ketones is 1. The van der Waals surface area contributed by atoms with E-state index in [2.05, 4.69) is 23.8 Å². The van der Waals surface area contributed by atoms with Crippen molar-refractivity contribution in [2.45, 2.75) is 26.3 Å². The third-order valence-corrected chi connectivity index (χ3v) is 7.33. The lowest BCUT2D eigenvalue weighted by atomic mass is 9.95. The minimum Gasteiger partial charge on any atom is -0.507 e. The molecule has 0 bridgehead atoms. The van der Waals surface area contributed by atoms with Crippen LogP contribution in [0.3, 0.4) is 0 Å². The van der Waals surface area contributed by atoms with Gasteiger partial charge in [0.2, 0.25) is 0 Å². The van der Waals surface area contributed by atoms with Crippen LogP contribution in [0.25, 0.3) is 16.0 Å². The summed E-state index contributed by atoms with van der Waals surface area (Å²) in [5.41, 5.74) is 1.64. The first-order valence-electron chi connectivity index (χ1n) is 11.8. The molecule has 4 aromatic rings. The molecule has 2 aromatic heterocycles. The standard InChI is InChI=1S/C28H24ClN3O4S/c1-16(2)10-13-36-20-5-3-4-18(14-20)24-23(25(33)17-8-11-30-12-9-17)26(34)27(35)32(24)28-31-21-7-6-19(29)15-22(21)37-28/h3-9,11-12,14-16,24,33H,10,13H2,1-2H3/b25-23+. The number of amides is 1. The van der Waals surface area contributed by atoms with Crippen LogP contribution in [0.5, 0.6) is 5.75 Å². The third kappa shape index (κ3) is 4.95. The van der Waals surface area contributed by atoms with Crippen LogP contribution in [0, 0.1) is 5.92 Å². The highest BCUT2D eigenvalue weighted by Crippen LogP contribution is 2.45. The SMILES string of the molecule is CC(C)CCOc1cccc(C2/C(=C(\O)c3ccncc3)C(=O)C(=O)N2c2nc3ccc(Cl)cc3s2)c1. The predicted octanol–water partition coefficient (Wildman–Crippen LogP) is 6.40. The van der Waals surface area contributed by atoms with E-state index in [-0.39, 0.29) is 11.3 Å². The molecular weight excluding hydrogens is 510 g/mol. The molecule has 1 unspecified atom stereocenters. The van der Waals surface area contributed by atoms with Crippen molar-refractivity contribution in [1.29, 1.82) is 0 Å². The molecule has 1 amide bonds. The number of ether oxygens (including phenoxy) is 1. The zero-order valence-electron chi connectivity index (χ0n) is 20.2. The van der Waals surface area contributed by atoms with E-state index in [0.29, 0.717) is 45.1 Å². The maximum Gasteiger partial charge on any atom is 0.301 e. The Morgan fingerprint density at radius 1 is 1.14 bits per heavy atom. The summed E-state index contributed by atoms with van der Waals surface area (Å²) in [5.74, 6) is -0.727. The summed E-state index contributed by atoms with van der Waals surface area (Å²) in [4.78, 5) is 36.8. The molecule has 1 atom stereocenters. The highest BCUT2D eigenvalue weighted by molar-refractivity contribution is 7.22. The number of carbonyl (C=O) groups excluding carboxylic acids is 2. The molecule has 3 heterocycles. The lowest BCUT2D eigenvalue weighted by Crippen LogP contribution is -2.29. The van der Waals surface area contributed by atoms with E-state index in [9.17, 15) is 14.7 Å². The maximum absolute atomic E-state index is 13.4. The lowest BCUT2D eigenvalue weighted by molar-refractivity contribution is -0.132. The molecule has 1 fully saturated rings. The van der Waals surface area contributed by atoms with Crippen molar-refractivity contribution in [2.75, 3.05) is 11.5 Å². The van der Waals surface area contributed by atoms with Gasteiger partial charge in [-0.1, -0.05) is 48.9 Å². The van der Waals surface area contributed by atoms with E-state index < -0.39 is 17.7 Å². The first-order valence-corrected chi connectivity index (χ1v) is 13.0. The number of Topliss-reactive ketones (excluding diaryl/α,β-unsaturated/α-hetero) is 1. The van der Waals surface area contributed by atoms with Gasteiger partial charge < -0.3 is 9.84 Å². The van der Waals surface area contributed by atoms with Gasteiger partial charge in [0.05, 0.1) is 28.4 Å². The van der Waals surface area contributed by atoms with Crippen LogP contribution in [0.1, 0.15) is 37.4 Å². The second kappa shape index (κ2) is 10.3. The summed E-state index contributed by atoms with van der Waals surface area (Å²) in [6, 6.07) is 14.8. The van der Waals surface area contributed by atoms with E-state index in [1.165, 1.54) is 28.6 Å². The van der Waals surface area contributed by atoms with Crippen LogP contribution < -0.4 is 9.64 Å². The van der Waals surface area contributed by atoms with Gasteiger partial charge in [0, 0.05) is 23.0 Å². The second-order valence-electron chi connectivity index (χ2n) is 9.12. The Hall–Kier alpha value is -3.75.